The van der Waals surface area contributed by atoms with Crippen molar-refractivity contribution in [3.63, 3.8) is 0 Å². The zero-order valence-electron chi connectivity index (χ0n) is 20.2. The number of halogens is 1. The van der Waals surface area contributed by atoms with Crippen molar-refractivity contribution in [2.45, 2.75) is 18.8 Å². The molecule has 9 nitrogen and oxygen atoms in total. The average molecular weight is 497 g/mol. The van der Waals surface area contributed by atoms with Crippen LogP contribution in [-0.2, 0) is 7.05 Å². The van der Waals surface area contributed by atoms with Gasteiger partial charge in [-0.1, -0.05) is 0 Å². The average Bonchev–Trinajstić information content (AvgIpc) is 3.49. The first-order valence-electron chi connectivity index (χ1n) is 12.2. The van der Waals surface area contributed by atoms with E-state index in [-0.39, 0.29) is 11.7 Å². The number of amides is 1. The number of pyridine rings is 1. The molecule has 10 heteroatoms. The van der Waals surface area contributed by atoms with Gasteiger partial charge in [0.25, 0.3) is 5.91 Å². The maximum atomic E-state index is 13.7. The molecule has 4 aromatic heterocycles. The van der Waals surface area contributed by atoms with E-state index in [1.54, 1.807) is 47.4 Å². The molecule has 1 aliphatic heterocycles. The van der Waals surface area contributed by atoms with Crippen molar-refractivity contribution < 1.29 is 9.18 Å². The topological polar surface area (TPSA) is 102 Å². The SMILES string of the molecule is Cn1nc(-c2ccc(F)cc2)c(-c2ccc3nc(NC(=O)c4ccncc4)cn3n2)c1C1CCNCC1. The number of nitrogens with one attached hydrogen (secondary N) is 2. The molecular formula is C27H25FN8O. The van der Waals surface area contributed by atoms with Crippen LogP contribution in [0, 0.1) is 5.82 Å². The van der Waals surface area contributed by atoms with E-state index in [0.29, 0.717) is 22.9 Å². The number of rotatable bonds is 5. The number of aromatic nitrogens is 6. The second kappa shape index (κ2) is 9.55. The fraction of sp³-hybridized carbons (Fsp3) is 0.222. The summed E-state index contributed by atoms with van der Waals surface area (Å²) in [7, 11) is 1.95. The maximum Gasteiger partial charge on any atom is 0.256 e. The van der Waals surface area contributed by atoms with Gasteiger partial charge in [0, 0.05) is 36.5 Å². The molecule has 1 fully saturated rings. The molecule has 1 saturated heterocycles. The molecule has 0 atom stereocenters. The number of hydrogen-bond donors (Lipinski definition) is 2. The zero-order chi connectivity index (χ0) is 25.4. The van der Waals surface area contributed by atoms with Gasteiger partial charge in [-0.3, -0.25) is 14.5 Å². The zero-order valence-corrected chi connectivity index (χ0v) is 20.2. The van der Waals surface area contributed by atoms with Gasteiger partial charge >= 0.3 is 0 Å². The number of benzene rings is 1. The predicted molar refractivity (Wildman–Crippen MR) is 138 cm³/mol. The van der Waals surface area contributed by atoms with Crippen molar-refractivity contribution in [3.8, 4) is 22.5 Å². The molecule has 0 saturated carbocycles. The van der Waals surface area contributed by atoms with E-state index >= 15 is 0 Å². The number of anilines is 1. The highest BCUT2D eigenvalue weighted by atomic mass is 19.1. The number of carbonyl (C=O) groups is 1. The van der Waals surface area contributed by atoms with Gasteiger partial charge in [-0.25, -0.2) is 13.9 Å². The molecule has 0 spiro atoms. The van der Waals surface area contributed by atoms with Crippen molar-refractivity contribution in [2.75, 3.05) is 18.4 Å². The van der Waals surface area contributed by atoms with Crippen LogP contribution >= 0.6 is 0 Å². The number of carbonyl (C=O) groups excluding carboxylic acids is 1. The highest BCUT2D eigenvalue weighted by molar-refractivity contribution is 6.03. The lowest BCUT2D eigenvalue weighted by atomic mass is 9.89. The Morgan fingerprint density at radius 2 is 1.78 bits per heavy atom. The third-order valence-corrected chi connectivity index (χ3v) is 6.70. The van der Waals surface area contributed by atoms with Crippen molar-refractivity contribution in [3.05, 3.63) is 84.2 Å². The van der Waals surface area contributed by atoms with E-state index in [9.17, 15) is 9.18 Å². The van der Waals surface area contributed by atoms with Crippen LogP contribution in [0.15, 0.2) is 67.1 Å². The van der Waals surface area contributed by atoms with Gasteiger partial charge in [0.2, 0.25) is 0 Å². The van der Waals surface area contributed by atoms with Gasteiger partial charge in [0.05, 0.1) is 23.1 Å². The molecule has 5 aromatic rings. The Bertz CT molecular complexity index is 1570. The second-order valence-electron chi connectivity index (χ2n) is 9.10. The Morgan fingerprint density at radius 3 is 2.54 bits per heavy atom. The number of aryl methyl sites for hydroxylation is 1. The van der Waals surface area contributed by atoms with E-state index in [1.165, 1.54) is 12.1 Å². The number of hydrogen-bond acceptors (Lipinski definition) is 6. The van der Waals surface area contributed by atoms with E-state index in [0.717, 1.165) is 54.1 Å². The largest absolute Gasteiger partial charge is 0.317 e. The molecule has 1 aliphatic rings. The number of fused-ring (bicyclic) bond motifs is 1. The van der Waals surface area contributed by atoms with Gasteiger partial charge in [0.15, 0.2) is 11.5 Å². The summed E-state index contributed by atoms with van der Waals surface area (Å²) in [6.07, 6.45) is 6.82. The van der Waals surface area contributed by atoms with Gasteiger partial charge in [-0.2, -0.15) is 10.2 Å². The number of piperidine rings is 1. The molecule has 37 heavy (non-hydrogen) atoms. The first kappa shape index (κ1) is 23.0. The molecule has 0 aliphatic carbocycles. The minimum absolute atomic E-state index is 0.273. The smallest absolute Gasteiger partial charge is 0.256 e. The molecule has 6 rings (SSSR count). The number of imidazole rings is 1. The van der Waals surface area contributed by atoms with E-state index in [2.05, 4.69) is 20.6 Å². The normalized spacial score (nSPS) is 14.2. The van der Waals surface area contributed by atoms with Crippen LogP contribution in [0.2, 0.25) is 0 Å². The first-order valence-corrected chi connectivity index (χ1v) is 12.2. The third kappa shape index (κ3) is 4.47. The lowest BCUT2D eigenvalue weighted by molar-refractivity contribution is 0.102. The molecule has 0 unspecified atom stereocenters. The van der Waals surface area contributed by atoms with Crippen LogP contribution in [0.3, 0.4) is 0 Å². The van der Waals surface area contributed by atoms with Gasteiger partial charge in [0.1, 0.15) is 11.5 Å². The van der Waals surface area contributed by atoms with Gasteiger partial charge in [-0.15, -0.1) is 0 Å². The molecule has 0 radical (unpaired) electrons. The fourth-order valence-electron chi connectivity index (χ4n) is 4.93. The monoisotopic (exact) mass is 496 g/mol. The van der Waals surface area contributed by atoms with E-state index in [4.69, 9.17) is 10.2 Å². The van der Waals surface area contributed by atoms with Crippen molar-refractivity contribution in [1.29, 1.82) is 0 Å². The summed E-state index contributed by atoms with van der Waals surface area (Å²) in [6, 6.07) is 13.5. The van der Waals surface area contributed by atoms with Crippen LogP contribution in [0.1, 0.15) is 34.8 Å². The number of nitrogens with zero attached hydrogens (tertiary/aromatic N) is 6. The predicted octanol–water partition coefficient (Wildman–Crippen LogP) is 4.05. The maximum absolute atomic E-state index is 13.7. The Labute approximate surface area is 212 Å². The summed E-state index contributed by atoms with van der Waals surface area (Å²) >= 11 is 0. The minimum atomic E-state index is -0.292. The Kier molecular flexibility index (Phi) is 5.93. The standard InChI is InChI=1S/C27H25FN8O/c1-35-26(18-8-12-29-13-9-18)24(25(34-35)17-2-4-20(28)5-3-17)21-6-7-23-31-22(16-36(23)33-21)32-27(37)19-10-14-30-15-11-19/h2-7,10-11,14-16,18,29H,8-9,12-13H2,1H3,(H,32,37). The lowest BCUT2D eigenvalue weighted by Crippen LogP contribution is -2.27. The summed E-state index contributed by atoms with van der Waals surface area (Å²) in [5.74, 6) is 0.151. The van der Waals surface area contributed by atoms with E-state index in [1.807, 2.05) is 23.9 Å². The quantitative estimate of drug-likeness (QED) is 0.381. The minimum Gasteiger partial charge on any atom is -0.317 e. The van der Waals surface area contributed by atoms with Gasteiger partial charge in [-0.05, 0) is 74.5 Å². The molecule has 1 amide bonds. The second-order valence-corrected chi connectivity index (χ2v) is 9.10. The van der Waals surface area contributed by atoms with E-state index < -0.39 is 0 Å². The summed E-state index contributed by atoms with van der Waals surface area (Å²) in [4.78, 5) is 21.0. The fourth-order valence-corrected chi connectivity index (χ4v) is 4.93. The van der Waals surface area contributed by atoms with Crippen LogP contribution in [0.5, 0.6) is 0 Å². The van der Waals surface area contributed by atoms with Crippen molar-refractivity contribution >= 4 is 17.4 Å². The first-order chi connectivity index (χ1) is 18.1. The Balaban J connectivity index is 1.42. The van der Waals surface area contributed by atoms with Crippen molar-refractivity contribution in [1.82, 2.24) is 34.7 Å². The molecule has 5 heterocycles. The highest BCUT2D eigenvalue weighted by Gasteiger charge is 2.28. The molecule has 186 valence electrons. The van der Waals surface area contributed by atoms with Crippen molar-refractivity contribution in [2.24, 2.45) is 7.05 Å². The summed E-state index contributed by atoms with van der Waals surface area (Å²) in [6.45, 7) is 1.88. The van der Waals surface area contributed by atoms with Crippen LogP contribution in [-0.4, -0.2) is 48.4 Å². The molecule has 0 bridgehead atoms. The lowest BCUT2D eigenvalue weighted by Gasteiger charge is -2.24. The highest BCUT2D eigenvalue weighted by Crippen LogP contribution is 2.39. The van der Waals surface area contributed by atoms with Crippen LogP contribution in [0.4, 0.5) is 10.2 Å². The van der Waals surface area contributed by atoms with Gasteiger partial charge < -0.3 is 10.6 Å². The van der Waals surface area contributed by atoms with Crippen LogP contribution < -0.4 is 10.6 Å². The van der Waals surface area contributed by atoms with Crippen LogP contribution in [0.25, 0.3) is 28.2 Å². The molecule has 2 N–H and O–H groups in total. The summed E-state index contributed by atoms with van der Waals surface area (Å²) in [5.41, 5.74) is 5.45. The molecular weight excluding hydrogens is 471 g/mol. The summed E-state index contributed by atoms with van der Waals surface area (Å²) < 4.78 is 17.3. The molecule has 1 aromatic carbocycles. The third-order valence-electron chi connectivity index (χ3n) is 6.70. The Morgan fingerprint density at radius 1 is 1.03 bits per heavy atom. The summed E-state index contributed by atoms with van der Waals surface area (Å²) in [5, 5.41) is 16.0. The Hall–Kier alpha value is -4.44.